The fraction of sp³-hybridized carbons (Fsp3) is 0.0172. The lowest BCUT2D eigenvalue weighted by Crippen LogP contribution is -2.32. The van der Waals surface area contributed by atoms with E-state index in [2.05, 4.69) is 193 Å². The van der Waals surface area contributed by atoms with E-state index in [1.807, 2.05) is 18.2 Å². The van der Waals surface area contributed by atoms with Gasteiger partial charge in [-0.2, -0.15) is 9.97 Å². The van der Waals surface area contributed by atoms with Crippen LogP contribution in [0.4, 0.5) is 0 Å². The Balaban J connectivity index is 1.14. The van der Waals surface area contributed by atoms with Crippen molar-refractivity contribution in [2.24, 2.45) is 0 Å². The normalized spacial score (nSPS) is 14.8. The van der Waals surface area contributed by atoms with E-state index >= 15 is 0 Å². The first-order chi connectivity index (χ1) is 31.7. The van der Waals surface area contributed by atoms with Crippen molar-refractivity contribution in [1.82, 2.24) is 19.5 Å². The monoisotopic (exact) mass is 834 g/mol. The predicted molar refractivity (Wildman–Crippen MR) is 261 cm³/mol. The zero-order chi connectivity index (χ0) is 41.9. The van der Waals surface area contributed by atoms with Crippen LogP contribution in [0.1, 0.15) is 22.3 Å². The number of benzene rings is 9. The number of fused-ring (bicyclic) bond motifs is 16. The highest BCUT2D eigenvalue weighted by Crippen LogP contribution is 2.64. The Morgan fingerprint density at radius 3 is 1.97 bits per heavy atom. The third kappa shape index (κ3) is 4.86. The SMILES string of the molecule is c1ccc(-c2ccc3c(c2)[C@@]2(c4ccccc4O3)c3ccccc3-c3ccc4c5ccccc5n(-c5nc(-c6ccccc6)nc(-c6cccc7c6sc6ccccc67)n5)c4c32)cc1. The molecule has 14 rings (SSSR count). The van der Waals surface area contributed by atoms with Crippen molar-refractivity contribution in [1.29, 1.82) is 0 Å². The van der Waals surface area contributed by atoms with E-state index in [1.54, 1.807) is 11.3 Å². The molecule has 0 N–H and O–H groups in total. The summed E-state index contributed by atoms with van der Waals surface area (Å²) in [5.74, 6) is 3.49. The maximum Gasteiger partial charge on any atom is 0.238 e. The van der Waals surface area contributed by atoms with Gasteiger partial charge >= 0.3 is 0 Å². The zero-order valence-corrected chi connectivity index (χ0v) is 35.1. The van der Waals surface area contributed by atoms with Crippen molar-refractivity contribution in [2.45, 2.75) is 5.41 Å². The number of thiophene rings is 1. The van der Waals surface area contributed by atoms with Crippen molar-refractivity contribution < 1.29 is 4.74 Å². The molecule has 3 aromatic heterocycles. The zero-order valence-electron chi connectivity index (χ0n) is 34.2. The largest absolute Gasteiger partial charge is 0.457 e. The van der Waals surface area contributed by atoms with Gasteiger partial charge in [-0.25, -0.2) is 4.98 Å². The van der Waals surface area contributed by atoms with Gasteiger partial charge in [0.05, 0.1) is 16.4 Å². The van der Waals surface area contributed by atoms with Crippen molar-refractivity contribution >= 4 is 53.3 Å². The molecule has 64 heavy (non-hydrogen) atoms. The van der Waals surface area contributed by atoms with E-state index in [4.69, 9.17) is 19.7 Å². The molecule has 4 heterocycles. The van der Waals surface area contributed by atoms with Crippen LogP contribution in [0.2, 0.25) is 0 Å². The average molecular weight is 835 g/mol. The Bertz CT molecular complexity index is 3890. The number of aromatic nitrogens is 4. The third-order valence-corrected chi connectivity index (χ3v) is 14.6. The van der Waals surface area contributed by atoms with Gasteiger partial charge in [-0.05, 0) is 64.2 Å². The average Bonchev–Trinajstić information content (AvgIpc) is 4.01. The first-order valence-electron chi connectivity index (χ1n) is 21.6. The van der Waals surface area contributed by atoms with Crippen LogP contribution in [-0.2, 0) is 5.41 Å². The summed E-state index contributed by atoms with van der Waals surface area (Å²) in [7, 11) is 0. The van der Waals surface area contributed by atoms with E-state index in [9.17, 15) is 0 Å². The molecule has 0 amide bonds. The summed E-state index contributed by atoms with van der Waals surface area (Å²) in [6.45, 7) is 0. The summed E-state index contributed by atoms with van der Waals surface area (Å²) in [6.07, 6.45) is 0. The lowest BCUT2D eigenvalue weighted by Gasteiger charge is -2.40. The van der Waals surface area contributed by atoms with E-state index < -0.39 is 5.41 Å². The molecule has 6 heteroatoms. The van der Waals surface area contributed by atoms with Crippen LogP contribution >= 0.6 is 11.3 Å². The molecule has 9 aromatic carbocycles. The number of ether oxygens (including phenoxy) is 1. The molecule has 2 aliphatic rings. The maximum atomic E-state index is 6.92. The molecule has 1 aliphatic carbocycles. The molecular weight excluding hydrogens is 801 g/mol. The third-order valence-electron chi connectivity index (χ3n) is 13.3. The minimum absolute atomic E-state index is 0.561. The molecule has 0 saturated carbocycles. The summed E-state index contributed by atoms with van der Waals surface area (Å²) in [4.78, 5) is 16.3. The highest BCUT2D eigenvalue weighted by Gasteiger charge is 2.53. The van der Waals surface area contributed by atoms with Crippen molar-refractivity contribution in [3.05, 3.63) is 229 Å². The molecule has 0 fully saturated rings. The van der Waals surface area contributed by atoms with E-state index in [0.717, 1.165) is 71.4 Å². The highest BCUT2D eigenvalue weighted by molar-refractivity contribution is 7.26. The summed E-state index contributed by atoms with van der Waals surface area (Å²) >= 11 is 1.78. The molecule has 0 bridgehead atoms. The van der Waals surface area contributed by atoms with E-state index in [1.165, 1.54) is 37.7 Å². The maximum absolute atomic E-state index is 6.92. The quantitative estimate of drug-likeness (QED) is 0.177. The first-order valence-corrected chi connectivity index (χ1v) is 22.4. The predicted octanol–water partition coefficient (Wildman–Crippen LogP) is 14.8. The molecular formula is C58H34N4OS. The van der Waals surface area contributed by atoms with Gasteiger partial charge < -0.3 is 4.74 Å². The topological polar surface area (TPSA) is 52.8 Å². The second kappa shape index (κ2) is 13.4. The van der Waals surface area contributed by atoms with Gasteiger partial charge in [0.2, 0.25) is 5.95 Å². The van der Waals surface area contributed by atoms with E-state index in [-0.39, 0.29) is 0 Å². The van der Waals surface area contributed by atoms with Crippen LogP contribution in [0.3, 0.4) is 0 Å². The van der Waals surface area contributed by atoms with Crippen LogP contribution in [0, 0.1) is 0 Å². The van der Waals surface area contributed by atoms with Crippen LogP contribution in [-0.4, -0.2) is 19.5 Å². The van der Waals surface area contributed by atoms with Crippen LogP contribution in [0.25, 0.3) is 93.0 Å². The van der Waals surface area contributed by atoms with Gasteiger partial charge in [-0.15, -0.1) is 11.3 Å². The van der Waals surface area contributed by atoms with Crippen molar-refractivity contribution in [2.75, 3.05) is 0 Å². The number of hydrogen-bond acceptors (Lipinski definition) is 5. The first kappa shape index (κ1) is 35.4. The second-order valence-corrected chi connectivity index (χ2v) is 17.7. The Morgan fingerprint density at radius 1 is 0.422 bits per heavy atom. The molecule has 5 nitrogen and oxygen atoms in total. The van der Waals surface area contributed by atoms with Crippen LogP contribution < -0.4 is 4.74 Å². The number of hydrogen-bond donors (Lipinski definition) is 0. The molecule has 0 saturated heterocycles. The Morgan fingerprint density at radius 2 is 1.09 bits per heavy atom. The summed E-state index contributed by atoms with van der Waals surface area (Å²) in [5.41, 5.74) is 12.5. The fourth-order valence-electron chi connectivity index (χ4n) is 10.7. The van der Waals surface area contributed by atoms with Gasteiger partial charge in [0, 0.05) is 58.8 Å². The van der Waals surface area contributed by atoms with Gasteiger partial charge in [0.15, 0.2) is 11.6 Å². The molecule has 1 aliphatic heterocycles. The highest BCUT2D eigenvalue weighted by atomic mass is 32.1. The molecule has 298 valence electrons. The number of rotatable bonds is 4. The Kier molecular flexibility index (Phi) is 7.42. The summed E-state index contributed by atoms with van der Waals surface area (Å²) in [5, 5.41) is 4.68. The van der Waals surface area contributed by atoms with Gasteiger partial charge in [0.1, 0.15) is 11.5 Å². The summed E-state index contributed by atoms with van der Waals surface area (Å²) < 4.78 is 11.6. The van der Waals surface area contributed by atoms with Gasteiger partial charge in [-0.1, -0.05) is 170 Å². The molecule has 1 spiro atoms. The smallest absolute Gasteiger partial charge is 0.238 e. The lowest BCUT2D eigenvalue weighted by molar-refractivity contribution is 0.437. The fourth-order valence-corrected chi connectivity index (χ4v) is 11.9. The van der Waals surface area contributed by atoms with Gasteiger partial charge in [0.25, 0.3) is 0 Å². The molecule has 0 radical (unpaired) electrons. The minimum atomic E-state index is -0.771. The minimum Gasteiger partial charge on any atom is -0.457 e. The van der Waals surface area contributed by atoms with Gasteiger partial charge in [-0.3, -0.25) is 4.57 Å². The Labute approximate surface area is 372 Å². The Hall–Kier alpha value is -8.19. The van der Waals surface area contributed by atoms with Crippen LogP contribution in [0.5, 0.6) is 11.5 Å². The number of para-hydroxylation sites is 2. The second-order valence-electron chi connectivity index (χ2n) is 16.6. The standard InChI is InChI=1S/C58H34N4OS/c1-3-16-35(17-4-1)37-30-33-50-47(34-37)58(46-26-11-13-28-49(46)63-50)45-25-10-7-20-38(45)41-31-32-42-39-21-8-12-27-48(39)62(53(42)52(41)58)57-60-55(36-18-5-2-6-19-36)59-56(61-57)44-24-15-23-43-40-22-9-14-29-51(40)64-54(43)44/h1-34H/t58-/m0/s1. The lowest BCUT2D eigenvalue weighted by atomic mass is 9.65. The molecule has 0 unspecified atom stereocenters. The van der Waals surface area contributed by atoms with Crippen molar-refractivity contribution in [3.63, 3.8) is 0 Å². The molecule has 1 atom stereocenters. The number of nitrogens with zero attached hydrogens (tertiary/aromatic N) is 4. The molecule has 12 aromatic rings. The van der Waals surface area contributed by atoms with Crippen molar-refractivity contribution in [3.8, 4) is 62.5 Å². The summed E-state index contributed by atoms with van der Waals surface area (Å²) in [6, 6.07) is 73.5. The van der Waals surface area contributed by atoms with E-state index in [0.29, 0.717) is 17.6 Å². The van der Waals surface area contributed by atoms with Crippen LogP contribution in [0.15, 0.2) is 206 Å².